The number of benzene rings is 2. The fraction of sp³-hybridized carbons (Fsp3) is 0.560. The highest BCUT2D eigenvalue weighted by molar-refractivity contribution is 6.00. The number of nitrogens with one attached hydrogen (secondary N) is 1. The number of likely N-dealkylation sites (tertiary alicyclic amines) is 2. The molecule has 67 heavy (non-hydrogen) atoms. The van der Waals surface area contributed by atoms with E-state index in [2.05, 4.69) is 41.9 Å². The Morgan fingerprint density at radius 3 is 2.34 bits per heavy atom. The van der Waals surface area contributed by atoms with Crippen LogP contribution in [-0.4, -0.2) is 113 Å². The number of rotatable bonds is 12. The number of halogens is 2. The third-order valence-corrected chi connectivity index (χ3v) is 15.5. The zero-order chi connectivity index (χ0) is 46.5. The molecule has 0 aliphatic carbocycles. The number of anilines is 2. The molecule has 3 saturated heterocycles. The second kappa shape index (κ2) is 18.8. The zero-order valence-corrected chi connectivity index (χ0v) is 39.1. The van der Waals surface area contributed by atoms with Gasteiger partial charge in [0.15, 0.2) is 5.82 Å². The molecule has 1 unspecified atom stereocenters. The molecule has 0 spiro atoms. The monoisotopic (exact) mass is 920 g/mol. The Morgan fingerprint density at radius 2 is 1.64 bits per heavy atom. The third kappa shape index (κ3) is 8.96. The first-order chi connectivity index (χ1) is 32.4. The van der Waals surface area contributed by atoms with Crippen LogP contribution in [0.15, 0.2) is 47.5 Å². The summed E-state index contributed by atoms with van der Waals surface area (Å²) in [5.74, 6) is 0.786. The van der Waals surface area contributed by atoms with Gasteiger partial charge in [-0.3, -0.25) is 38.2 Å². The molecule has 3 amide bonds. The zero-order valence-electron chi connectivity index (χ0n) is 39.1. The molecule has 0 saturated carbocycles. The highest BCUT2D eigenvalue weighted by atomic mass is 19.3. The minimum Gasteiger partial charge on any atom is -0.338 e. The number of carbonyl (C=O) groups is 3. The summed E-state index contributed by atoms with van der Waals surface area (Å²) in [6.45, 7) is 9.79. The molecule has 356 valence electrons. The Hall–Kier alpha value is -5.68. The number of aryl methyl sites for hydroxylation is 4. The molecule has 8 heterocycles. The third-order valence-electron chi connectivity index (χ3n) is 15.5. The number of aromatic nitrogens is 6. The van der Waals surface area contributed by atoms with E-state index in [-0.39, 0.29) is 35.5 Å². The molecule has 15 nitrogen and oxygen atoms in total. The minimum absolute atomic E-state index is 0.00451. The molecule has 3 fully saturated rings. The SMILES string of the molecule is CC(=O)N1CCc2c(c(N3CCCc4cc(-c5cnn(C)c5)c(C(F)F)cc43)nn2C2CCN(CCCN3CCC(CCc4ccc5c(c4)n(C)c(=O)n5C4CCC(=O)NC4=O)CC3)CC2)C1. The average molecular weight is 920 g/mol. The van der Waals surface area contributed by atoms with Crippen molar-refractivity contribution in [2.45, 2.75) is 109 Å². The van der Waals surface area contributed by atoms with Crippen molar-refractivity contribution in [3.05, 3.63) is 81.2 Å². The van der Waals surface area contributed by atoms with Crippen LogP contribution >= 0.6 is 0 Å². The summed E-state index contributed by atoms with van der Waals surface area (Å²) in [7, 11) is 3.54. The van der Waals surface area contributed by atoms with E-state index in [1.54, 1.807) is 53.3 Å². The number of carbonyl (C=O) groups excluding carboxylic acids is 3. The van der Waals surface area contributed by atoms with Crippen LogP contribution in [0.4, 0.5) is 20.3 Å². The van der Waals surface area contributed by atoms with E-state index < -0.39 is 18.4 Å². The van der Waals surface area contributed by atoms with Gasteiger partial charge in [-0.2, -0.15) is 10.2 Å². The second-order valence-corrected chi connectivity index (χ2v) is 19.7. The molecule has 1 N–H and O–H groups in total. The molecule has 10 rings (SSSR count). The molecule has 0 bridgehead atoms. The summed E-state index contributed by atoms with van der Waals surface area (Å²) in [6.07, 6.45) is 11.2. The van der Waals surface area contributed by atoms with Crippen LogP contribution < -0.4 is 15.9 Å². The summed E-state index contributed by atoms with van der Waals surface area (Å²) >= 11 is 0. The van der Waals surface area contributed by atoms with E-state index in [0.717, 1.165) is 124 Å². The highest BCUT2D eigenvalue weighted by Crippen LogP contribution is 2.44. The normalized spacial score (nSPS) is 20.2. The largest absolute Gasteiger partial charge is 0.338 e. The molecule has 0 radical (unpaired) electrons. The number of imidazole rings is 1. The van der Waals surface area contributed by atoms with Crippen molar-refractivity contribution in [1.29, 1.82) is 0 Å². The van der Waals surface area contributed by atoms with Gasteiger partial charge in [-0.25, -0.2) is 13.6 Å². The number of piperidine rings is 3. The van der Waals surface area contributed by atoms with Crippen molar-refractivity contribution in [2.24, 2.45) is 20.0 Å². The first-order valence-electron chi connectivity index (χ1n) is 24.5. The van der Waals surface area contributed by atoms with Crippen molar-refractivity contribution < 1.29 is 23.2 Å². The summed E-state index contributed by atoms with van der Waals surface area (Å²) < 4.78 is 36.5. The molecular formula is C50H63F2N11O4. The van der Waals surface area contributed by atoms with E-state index in [4.69, 9.17) is 5.10 Å². The lowest BCUT2D eigenvalue weighted by Crippen LogP contribution is -2.44. The Bertz CT molecular complexity index is 2740. The number of amides is 3. The van der Waals surface area contributed by atoms with Gasteiger partial charge in [-0.1, -0.05) is 6.07 Å². The number of imide groups is 1. The number of hydrogen-bond donors (Lipinski definition) is 1. The molecular weight excluding hydrogens is 857 g/mol. The van der Waals surface area contributed by atoms with E-state index in [0.29, 0.717) is 43.1 Å². The lowest BCUT2D eigenvalue weighted by atomic mass is 9.90. The topological polar surface area (TPSA) is 139 Å². The quantitative estimate of drug-likeness (QED) is 0.145. The van der Waals surface area contributed by atoms with Crippen molar-refractivity contribution >= 4 is 40.3 Å². The Morgan fingerprint density at radius 1 is 0.881 bits per heavy atom. The van der Waals surface area contributed by atoms with Gasteiger partial charge in [0, 0.05) is 94.3 Å². The second-order valence-electron chi connectivity index (χ2n) is 19.7. The van der Waals surface area contributed by atoms with E-state index in [9.17, 15) is 28.0 Å². The van der Waals surface area contributed by atoms with E-state index >= 15 is 0 Å². The highest BCUT2D eigenvalue weighted by Gasteiger charge is 2.36. The molecule has 2 aromatic carbocycles. The van der Waals surface area contributed by atoms with Gasteiger partial charge in [-0.05, 0) is 137 Å². The van der Waals surface area contributed by atoms with E-state index in [1.165, 1.54) is 24.1 Å². The lowest BCUT2D eigenvalue weighted by Gasteiger charge is -2.35. The van der Waals surface area contributed by atoms with Gasteiger partial charge in [-0.15, -0.1) is 0 Å². The van der Waals surface area contributed by atoms with Crippen molar-refractivity contribution in [3.8, 4) is 11.1 Å². The van der Waals surface area contributed by atoms with Gasteiger partial charge >= 0.3 is 5.69 Å². The average Bonchev–Trinajstić information content (AvgIpc) is 4.01. The molecule has 5 aromatic rings. The molecule has 3 aromatic heterocycles. The van der Waals surface area contributed by atoms with Gasteiger partial charge < -0.3 is 19.6 Å². The van der Waals surface area contributed by atoms with Crippen molar-refractivity contribution in [1.82, 2.24) is 48.7 Å². The predicted molar refractivity (Wildman–Crippen MR) is 251 cm³/mol. The lowest BCUT2D eigenvalue weighted by molar-refractivity contribution is -0.135. The van der Waals surface area contributed by atoms with Crippen LogP contribution in [-0.2, 0) is 54.3 Å². The van der Waals surface area contributed by atoms with Crippen LogP contribution in [0.25, 0.3) is 22.2 Å². The summed E-state index contributed by atoms with van der Waals surface area (Å²) in [5.41, 5.74) is 7.73. The van der Waals surface area contributed by atoms with Crippen LogP contribution in [0.3, 0.4) is 0 Å². The molecule has 5 aliphatic heterocycles. The summed E-state index contributed by atoms with van der Waals surface area (Å²) in [4.78, 5) is 59.5. The minimum atomic E-state index is -2.65. The van der Waals surface area contributed by atoms with Crippen LogP contribution in [0.5, 0.6) is 0 Å². The van der Waals surface area contributed by atoms with Crippen LogP contribution in [0.2, 0.25) is 0 Å². The van der Waals surface area contributed by atoms with E-state index in [1.807, 2.05) is 17.0 Å². The maximum atomic E-state index is 14.7. The summed E-state index contributed by atoms with van der Waals surface area (Å²) in [5, 5.41) is 12.0. The van der Waals surface area contributed by atoms with Crippen molar-refractivity contribution in [2.75, 3.05) is 57.3 Å². The predicted octanol–water partition coefficient (Wildman–Crippen LogP) is 6.21. The van der Waals surface area contributed by atoms with Crippen LogP contribution in [0.1, 0.15) is 111 Å². The fourth-order valence-electron chi connectivity index (χ4n) is 11.6. The first kappa shape index (κ1) is 45.1. The van der Waals surface area contributed by atoms with Crippen molar-refractivity contribution in [3.63, 3.8) is 0 Å². The maximum Gasteiger partial charge on any atom is 0.329 e. The standard InChI is InChI=1S/C50H63F2N11O4/c1-32(64)60-25-17-41-40(31-60)48(61-20-4-6-35-27-38(36-29-53-56(2)30-36)39(47(51)52)28-44(35)61)55-63(41)37-15-23-59(24-16-37)19-5-18-58-21-13-33(14-22-58)7-8-34-9-10-42-45(26-34)57(3)50(67)62(42)43-11-12-46(65)54-49(43)66/h9-10,26-30,33,37,43,47H,4-8,11-25,31H2,1-3H3,(H,54,65,66). The Kier molecular flexibility index (Phi) is 12.6. The Labute approximate surface area is 389 Å². The number of alkyl halides is 2. The molecule has 5 aliphatic rings. The van der Waals surface area contributed by atoms with Crippen LogP contribution in [0, 0.1) is 5.92 Å². The first-order valence-corrected chi connectivity index (χ1v) is 24.5. The van der Waals surface area contributed by atoms with Gasteiger partial charge in [0.25, 0.3) is 6.43 Å². The number of hydrogen-bond acceptors (Lipinski definition) is 9. The smallest absolute Gasteiger partial charge is 0.329 e. The maximum absolute atomic E-state index is 14.7. The Balaban J connectivity index is 0.729. The van der Waals surface area contributed by atoms with Gasteiger partial charge in [0.1, 0.15) is 6.04 Å². The van der Waals surface area contributed by atoms with Gasteiger partial charge in [0.05, 0.1) is 29.8 Å². The molecule has 17 heteroatoms. The molecule has 1 atom stereocenters. The number of nitrogens with zero attached hydrogens (tertiary/aromatic N) is 10. The summed E-state index contributed by atoms with van der Waals surface area (Å²) in [6, 6.07) is 9.28. The number of fused-ring (bicyclic) bond motifs is 3. The fourth-order valence-corrected chi connectivity index (χ4v) is 11.6. The van der Waals surface area contributed by atoms with Gasteiger partial charge in [0.2, 0.25) is 17.7 Å².